The third-order valence-electron chi connectivity index (χ3n) is 7.86. The fourth-order valence-corrected chi connectivity index (χ4v) is 5.22. The van der Waals surface area contributed by atoms with Gasteiger partial charge in [0.1, 0.15) is 5.82 Å². The Balaban J connectivity index is 1.44. The van der Waals surface area contributed by atoms with E-state index >= 15 is 0 Å². The van der Waals surface area contributed by atoms with Crippen LogP contribution >= 0.6 is 0 Å². The average Bonchev–Trinajstić information content (AvgIpc) is 3.21. The number of nitrogens with one attached hydrogen (secondary N) is 1. The summed E-state index contributed by atoms with van der Waals surface area (Å²) in [7, 11) is 0. The molecule has 1 fully saturated rings. The van der Waals surface area contributed by atoms with Crippen LogP contribution in [0, 0.1) is 25.1 Å². The van der Waals surface area contributed by atoms with Crippen LogP contribution in [0.25, 0.3) is 10.9 Å². The van der Waals surface area contributed by atoms with Crippen molar-refractivity contribution >= 4 is 34.4 Å². The van der Waals surface area contributed by atoms with E-state index in [2.05, 4.69) is 30.7 Å². The number of anilines is 1. The maximum Gasteiger partial charge on any atom is 0.323 e. The number of halogens is 1. The molecular weight excluding hydrogens is 551 g/mol. The van der Waals surface area contributed by atoms with Crippen molar-refractivity contribution < 1.29 is 28.2 Å². The fourth-order valence-electron chi connectivity index (χ4n) is 5.22. The molecule has 0 unspecified atom stereocenters. The van der Waals surface area contributed by atoms with Gasteiger partial charge in [-0.1, -0.05) is 19.1 Å². The number of nitrogens with zero attached hydrogens (tertiary/aromatic N) is 3. The Morgan fingerprint density at radius 3 is 2.28 bits per heavy atom. The minimum atomic E-state index is -0.670. The van der Waals surface area contributed by atoms with Gasteiger partial charge in [-0.15, -0.1) is 0 Å². The molecule has 2 aromatic carbocycles. The quantitative estimate of drug-likeness (QED) is 0.253. The van der Waals surface area contributed by atoms with Crippen LogP contribution in [0.15, 0.2) is 36.4 Å². The van der Waals surface area contributed by atoms with Crippen molar-refractivity contribution in [2.24, 2.45) is 5.41 Å². The first kappa shape index (κ1) is 32.0. The number of esters is 2. The molecule has 9 nitrogen and oxygen atoms in total. The molecule has 2 heterocycles. The molecule has 43 heavy (non-hydrogen) atoms. The van der Waals surface area contributed by atoms with Gasteiger partial charge in [0.2, 0.25) is 6.79 Å². The van der Waals surface area contributed by atoms with Crippen LogP contribution < -0.4 is 5.32 Å². The second kappa shape index (κ2) is 13.6. The highest BCUT2D eigenvalue weighted by Gasteiger charge is 2.27. The van der Waals surface area contributed by atoms with E-state index < -0.39 is 24.1 Å². The van der Waals surface area contributed by atoms with Crippen LogP contribution in [0.5, 0.6) is 0 Å². The van der Waals surface area contributed by atoms with Gasteiger partial charge in [0, 0.05) is 55.9 Å². The number of carbonyl (C=O) groups excluding carboxylic acids is 3. The Bertz CT molecular complexity index is 1470. The number of rotatable bonds is 10. The number of hydrogen-bond donors (Lipinski definition) is 1. The van der Waals surface area contributed by atoms with Gasteiger partial charge >= 0.3 is 11.9 Å². The summed E-state index contributed by atoms with van der Waals surface area (Å²) in [6.07, 6.45) is 0.974. The molecule has 1 N–H and O–H groups in total. The molecule has 0 bridgehead atoms. The Labute approximate surface area is 252 Å². The molecule has 1 aliphatic rings. The van der Waals surface area contributed by atoms with Gasteiger partial charge in [0.05, 0.1) is 23.2 Å². The van der Waals surface area contributed by atoms with Crippen molar-refractivity contribution in [3.8, 4) is 0 Å². The average molecular weight is 595 g/mol. The zero-order valence-electron chi connectivity index (χ0n) is 26.1. The van der Waals surface area contributed by atoms with Crippen molar-refractivity contribution in [1.29, 1.82) is 0 Å². The van der Waals surface area contributed by atoms with Gasteiger partial charge in [0.25, 0.3) is 5.91 Å². The van der Waals surface area contributed by atoms with Crippen LogP contribution in [0.3, 0.4) is 0 Å². The molecule has 1 amide bonds. The van der Waals surface area contributed by atoms with Crippen LogP contribution in [-0.4, -0.2) is 71.7 Å². The van der Waals surface area contributed by atoms with E-state index in [9.17, 15) is 18.8 Å². The molecule has 3 aromatic rings. The minimum absolute atomic E-state index is 0.0575. The Hall–Kier alpha value is -3.92. The lowest BCUT2D eigenvalue weighted by molar-refractivity contribution is -0.173. The molecule has 232 valence electrons. The van der Waals surface area contributed by atoms with Crippen LogP contribution in [-0.2, 0) is 32.2 Å². The highest BCUT2D eigenvalue weighted by Crippen LogP contribution is 2.34. The smallest absolute Gasteiger partial charge is 0.323 e. The van der Waals surface area contributed by atoms with E-state index in [1.165, 1.54) is 17.8 Å². The van der Waals surface area contributed by atoms with Crippen molar-refractivity contribution in [3.63, 3.8) is 0 Å². The van der Waals surface area contributed by atoms with Crippen molar-refractivity contribution in [2.45, 2.75) is 61.1 Å². The van der Waals surface area contributed by atoms with Crippen molar-refractivity contribution in [1.82, 2.24) is 14.4 Å². The summed E-state index contributed by atoms with van der Waals surface area (Å²) in [4.78, 5) is 41.6. The molecule has 1 aromatic heterocycles. The fraction of sp³-hybridized carbons (Fsp3) is 0.485. The van der Waals surface area contributed by atoms with E-state index in [-0.39, 0.29) is 18.3 Å². The molecular formula is C33H43FN4O5. The van der Waals surface area contributed by atoms with E-state index in [0.29, 0.717) is 38.3 Å². The second-order valence-corrected chi connectivity index (χ2v) is 12.1. The van der Waals surface area contributed by atoms with Gasteiger partial charge in [-0.2, -0.15) is 0 Å². The minimum Gasteiger partial charge on any atom is -0.427 e. The number of ether oxygens (including phenoxy) is 2. The lowest BCUT2D eigenvalue weighted by Crippen LogP contribution is -2.50. The number of aromatic nitrogens is 1. The predicted molar refractivity (Wildman–Crippen MR) is 164 cm³/mol. The molecule has 0 aliphatic carbocycles. The Morgan fingerprint density at radius 1 is 0.977 bits per heavy atom. The zero-order valence-corrected chi connectivity index (χ0v) is 26.1. The summed E-state index contributed by atoms with van der Waals surface area (Å²) in [5.41, 5.74) is 5.10. The first-order valence-corrected chi connectivity index (χ1v) is 14.8. The highest BCUT2D eigenvalue weighted by atomic mass is 19.1. The Morgan fingerprint density at radius 2 is 1.65 bits per heavy atom. The summed E-state index contributed by atoms with van der Waals surface area (Å²) in [5.74, 6) is -1.26. The van der Waals surface area contributed by atoms with Gasteiger partial charge in [-0.05, 0) is 76.4 Å². The topological polar surface area (TPSA) is 93.1 Å². The largest absolute Gasteiger partial charge is 0.427 e. The summed E-state index contributed by atoms with van der Waals surface area (Å²) < 4.78 is 25.8. The summed E-state index contributed by atoms with van der Waals surface area (Å²) in [5, 5.41) is 4.55. The van der Waals surface area contributed by atoms with E-state index in [1.54, 1.807) is 32.9 Å². The van der Waals surface area contributed by atoms with Crippen molar-refractivity contribution in [2.75, 3.05) is 44.8 Å². The molecule has 0 atom stereocenters. The SMILES string of the molecule is CCCn1c(C)c(C)c2cc(C(=O)N3CCN(CC(=O)OCOC(=O)C(C)(C)C)CC3)cc(NCc3ccc(F)cc3)c21. The first-order valence-electron chi connectivity index (χ1n) is 14.8. The number of piperazine rings is 1. The summed E-state index contributed by atoms with van der Waals surface area (Å²) in [6, 6.07) is 10.3. The number of amides is 1. The normalized spacial score (nSPS) is 14.2. The maximum absolute atomic E-state index is 13.7. The number of carbonyl (C=O) groups is 3. The Kier molecular flexibility index (Phi) is 10.1. The number of aryl methyl sites for hydroxylation is 2. The lowest BCUT2D eigenvalue weighted by atomic mass is 9.98. The molecule has 0 radical (unpaired) electrons. The lowest BCUT2D eigenvalue weighted by Gasteiger charge is -2.34. The van der Waals surface area contributed by atoms with E-state index in [4.69, 9.17) is 9.47 Å². The van der Waals surface area contributed by atoms with Gasteiger partial charge in [-0.25, -0.2) is 4.39 Å². The maximum atomic E-state index is 13.7. The van der Waals surface area contributed by atoms with E-state index in [1.807, 2.05) is 21.9 Å². The van der Waals surface area contributed by atoms with Gasteiger partial charge < -0.3 is 24.3 Å². The number of benzene rings is 2. The predicted octanol–water partition coefficient (Wildman–Crippen LogP) is 5.27. The van der Waals surface area contributed by atoms with Gasteiger partial charge in [0.15, 0.2) is 0 Å². The third kappa shape index (κ3) is 7.73. The number of fused-ring (bicyclic) bond motifs is 1. The van der Waals surface area contributed by atoms with Gasteiger partial charge in [-0.3, -0.25) is 19.3 Å². The van der Waals surface area contributed by atoms with Crippen molar-refractivity contribution in [3.05, 3.63) is 64.6 Å². The highest BCUT2D eigenvalue weighted by molar-refractivity contribution is 6.04. The van der Waals surface area contributed by atoms with E-state index in [0.717, 1.165) is 40.7 Å². The molecule has 0 spiro atoms. The second-order valence-electron chi connectivity index (χ2n) is 12.1. The molecule has 1 saturated heterocycles. The standard InChI is InChI=1S/C33H43FN4O5/c1-7-12-38-23(3)22(2)27-17-25(18-28(30(27)38)35-19-24-8-10-26(34)11-9-24)31(40)37-15-13-36(14-16-37)20-29(39)42-21-43-32(41)33(4,5)6/h8-11,17-18,35H,7,12-16,19-21H2,1-6H3. The molecule has 1 aliphatic heterocycles. The molecule has 10 heteroatoms. The van der Waals surface area contributed by atoms with Crippen LogP contribution in [0.4, 0.5) is 10.1 Å². The zero-order chi connectivity index (χ0) is 31.3. The monoisotopic (exact) mass is 594 g/mol. The first-order chi connectivity index (χ1) is 20.4. The molecule has 0 saturated carbocycles. The molecule has 4 rings (SSSR count). The summed E-state index contributed by atoms with van der Waals surface area (Å²) in [6.45, 7) is 14.5. The van der Waals surface area contributed by atoms with Crippen LogP contribution in [0.2, 0.25) is 0 Å². The summed E-state index contributed by atoms with van der Waals surface area (Å²) >= 11 is 0. The number of hydrogen-bond acceptors (Lipinski definition) is 7. The third-order valence-corrected chi connectivity index (χ3v) is 7.86. The van der Waals surface area contributed by atoms with Crippen LogP contribution in [0.1, 0.15) is 61.3 Å².